The molecule has 70 valence electrons. The fraction of sp³-hybridized carbons (Fsp3) is 0.400. The summed E-state index contributed by atoms with van der Waals surface area (Å²) in [5.41, 5.74) is 3.69. The minimum atomic E-state index is 0.399. The van der Waals surface area contributed by atoms with E-state index in [1.54, 1.807) is 0 Å². The van der Waals surface area contributed by atoms with Crippen molar-refractivity contribution >= 4 is 33.2 Å². The van der Waals surface area contributed by atoms with Gasteiger partial charge in [0, 0.05) is 27.6 Å². The molecule has 1 unspecified atom stereocenters. The summed E-state index contributed by atoms with van der Waals surface area (Å²) in [6.07, 6.45) is 1.09. The Bertz CT molecular complexity index is 338. The van der Waals surface area contributed by atoms with Gasteiger partial charge in [-0.05, 0) is 25.0 Å². The molecule has 0 amide bonds. The zero-order valence-electron chi connectivity index (χ0n) is 7.40. The highest BCUT2D eigenvalue weighted by Crippen LogP contribution is 2.41. The number of fused-ring (bicyclic) bond motifs is 1. The fourth-order valence-corrected chi connectivity index (χ4v) is 2.84. The SMILES string of the molecule is Cc1ccc(Cl)c2c1NCCC2Br. The molecule has 0 saturated heterocycles. The van der Waals surface area contributed by atoms with Crippen LogP contribution in [0.4, 0.5) is 5.69 Å². The Hall–Kier alpha value is -0.210. The summed E-state index contributed by atoms with van der Waals surface area (Å²) in [4.78, 5) is 0.399. The van der Waals surface area contributed by atoms with Gasteiger partial charge in [0.1, 0.15) is 0 Å². The zero-order chi connectivity index (χ0) is 9.42. The summed E-state index contributed by atoms with van der Waals surface area (Å²) in [5.74, 6) is 0. The monoisotopic (exact) mass is 259 g/mol. The first-order valence-electron chi connectivity index (χ1n) is 4.37. The molecule has 0 fully saturated rings. The van der Waals surface area contributed by atoms with Gasteiger partial charge in [-0.25, -0.2) is 0 Å². The van der Waals surface area contributed by atoms with Gasteiger partial charge in [0.25, 0.3) is 0 Å². The molecule has 1 aliphatic rings. The number of benzene rings is 1. The van der Waals surface area contributed by atoms with E-state index in [0.717, 1.165) is 18.0 Å². The molecule has 13 heavy (non-hydrogen) atoms. The number of hydrogen-bond donors (Lipinski definition) is 1. The van der Waals surface area contributed by atoms with Crippen molar-refractivity contribution in [1.82, 2.24) is 0 Å². The molecule has 0 aliphatic carbocycles. The molecule has 1 N–H and O–H groups in total. The largest absolute Gasteiger partial charge is 0.384 e. The third-order valence-electron chi connectivity index (χ3n) is 2.41. The van der Waals surface area contributed by atoms with E-state index in [0.29, 0.717) is 4.83 Å². The second-order valence-electron chi connectivity index (χ2n) is 3.34. The summed E-state index contributed by atoms with van der Waals surface area (Å²) in [6.45, 7) is 3.12. The number of alkyl halides is 1. The van der Waals surface area contributed by atoms with E-state index in [-0.39, 0.29) is 0 Å². The van der Waals surface area contributed by atoms with Crippen molar-refractivity contribution in [2.24, 2.45) is 0 Å². The maximum Gasteiger partial charge on any atom is 0.0470 e. The highest BCUT2D eigenvalue weighted by molar-refractivity contribution is 9.09. The summed E-state index contributed by atoms with van der Waals surface area (Å²) in [5, 5.41) is 4.24. The van der Waals surface area contributed by atoms with Crippen LogP contribution >= 0.6 is 27.5 Å². The molecule has 2 rings (SSSR count). The minimum absolute atomic E-state index is 0.399. The molecule has 1 aromatic rings. The van der Waals surface area contributed by atoms with Crippen LogP contribution in [0.1, 0.15) is 22.4 Å². The molecule has 3 heteroatoms. The molecular formula is C10H11BrClN. The maximum atomic E-state index is 6.14. The number of rotatable bonds is 0. The van der Waals surface area contributed by atoms with Gasteiger partial charge >= 0.3 is 0 Å². The molecule has 1 atom stereocenters. The third kappa shape index (κ3) is 1.57. The van der Waals surface area contributed by atoms with E-state index in [4.69, 9.17) is 11.6 Å². The van der Waals surface area contributed by atoms with Crippen molar-refractivity contribution in [2.75, 3.05) is 11.9 Å². The summed E-state index contributed by atoms with van der Waals surface area (Å²) in [7, 11) is 0. The number of nitrogens with one attached hydrogen (secondary N) is 1. The number of anilines is 1. The van der Waals surface area contributed by atoms with Crippen molar-refractivity contribution < 1.29 is 0 Å². The smallest absolute Gasteiger partial charge is 0.0470 e. The van der Waals surface area contributed by atoms with E-state index in [1.807, 2.05) is 6.07 Å². The Morgan fingerprint density at radius 3 is 3.00 bits per heavy atom. The van der Waals surface area contributed by atoms with Gasteiger partial charge in [-0.1, -0.05) is 33.6 Å². The Kier molecular flexibility index (Phi) is 2.52. The van der Waals surface area contributed by atoms with E-state index >= 15 is 0 Å². The highest BCUT2D eigenvalue weighted by atomic mass is 79.9. The van der Waals surface area contributed by atoms with Gasteiger partial charge in [0.15, 0.2) is 0 Å². The Morgan fingerprint density at radius 2 is 2.31 bits per heavy atom. The Morgan fingerprint density at radius 1 is 1.54 bits per heavy atom. The normalized spacial score (nSPS) is 20.7. The lowest BCUT2D eigenvalue weighted by atomic mass is 10.00. The molecule has 1 aromatic carbocycles. The van der Waals surface area contributed by atoms with E-state index < -0.39 is 0 Å². The Labute approximate surface area is 91.6 Å². The van der Waals surface area contributed by atoms with E-state index in [2.05, 4.69) is 34.2 Å². The second-order valence-corrected chi connectivity index (χ2v) is 4.85. The van der Waals surface area contributed by atoms with Crippen LogP contribution in [0.2, 0.25) is 5.02 Å². The molecule has 1 aliphatic heterocycles. The minimum Gasteiger partial charge on any atom is -0.384 e. The van der Waals surface area contributed by atoms with Crippen LogP contribution in [0.3, 0.4) is 0 Å². The molecule has 0 radical (unpaired) electrons. The Balaban J connectivity index is 2.60. The average Bonchev–Trinajstić information content (AvgIpc) is 2.12. The summed E-state index contributed by atoms with van der Waals surface area (Å²) >= 11 is 9.79. The quantitative estimate of drug-likeness (QED) is 0.698. The van der Waals surface area contributed by atoms with Crippen LogP contribution in [0.15, 0.2) is 12.1 Å². The standard InChI is InChI=1S/C10H11BrClN/c1-6-2-3-8(12)9-7(11)4-5-13-10(6)9/h2-3,7,13H,4-5H2,1H3. The molecule has 0 spiro atoms. The van der Waals surface area contributed by atoms with Crippen LogP contribution in [-0.4, -0.2) is 6.54 Å². The van der Waals surface area contributed by atoms with Crippen LogP contribution in [-0.2, 0) is 0 Å². The number of hydrogen-bond acceptors (Lipinski definition) is 1. The highest BCUT2D eigenvalue weighted by Gasteiger charge is 2.21. The van der Waals surface area contributed by atoms with Crippen molar-refractivity contribution in [3.63, 3.8) is 0 Å². The first-order chi connectivity index (χ1) is 6.20. The van der Waals surface area contributed by atoms with Gasteiger partial charge in [0.2, 0.25) is 0 Å². The van der Waals surface area contributed by atoms with Gasteiger partial charge in [-0.2, -0.15) is 0 Å². The second kappa shape index (κ2) is 3.50. The van der Waals surface area contributed by atoms with Crippen LogP contribution in [0, 0.1) is 6.92 Å². The summed E-state index contributed by atoms with van der Waals surface area (Å²) in [6, 6.07) is 4.02. The lowest BCUT2D eigenvalue weighted by Gasteiger charge is -2.25. The van der Waals surface area contributed by atoms with Gasteiger partial charge in [0.05, 0.1) is 0 Å². The van der Waals surface area contributed by atoms with Crippen LogP contribution in [0.25, 0.3) is 0 Å². The van der Waals surface area contributed by atoms with Crippen LogP contribution < -0.4 is 5.32 Å². The van der Waals surface area contributed by atoms with Crippen LogP contribution in [0.5, 0.6) is 0 Å². The fourth-order valence-electron chi connectivity index (χ4n) is 1.71. The predicted octanol–water partition coefficient (Wildman–Crippen LogP) is 3.90. The van der Waals surface area contributed by atoms with Gasteiger partial charge < -0.3 is 5.32 Å². The molecule has 1 nitrogen and oxygen atoms in total. The van der Waals surface area contributed by atoms with Crippen molar-refractivity contribution in [2.45, 2.75) is 18.2 Å². The van der Waals surface area contributed by atoms with Gasteiger partial charge in [-0.3, -0.25) is 0 Å². The van der Waals surface area contributed by atoms with E-state index in [1.165, 1.54) is 16.8 Å². The molecule has 0 saturated carbocycles. The molecule has 0 bridgehead atoms. The summed E-state index contributed by atoms with van der Waals surface area (Å²) < 4.78 is 0. The van der Waals surface area contributed by atoms with Crippen molar-refractivity contribution in [1.29, 1.82) is 0 Å². The zero-order valence-corrected chi connectivity index (χ0v) is 9.74. The average molecular weight is 261 g/mol. The van der Waals surface area contributed by atoms with Crippen molar-refractivity contribution in [3.8, 4) is 0 Å². The lowest BCUT2D eigenvalue weighted by Crippen LogP contribution is -2.15. The predicted molar refractivity (Wildman–Crippen MR) is 61.0 cm³/mol. The lowest BCUT2D eigenvalue weighted by molar-refractivity contribution is 0.820. The molecular weight excluding hydrogens is 249 g/mol. The van der Waals surface area contributed by atoms with E-state index in [9.17, 15) is 0 Å². The molecule has 1 heterocycles. The number of aryl methyl sites for hydroxylation is 1. The number of halogens is 2. The van der Waals surface area contributed by atoms with Crippen molar-refractivity contribution in [3.05, 3.63) is 28.3 Å². The first kappa shape index (κ1) is 9.35. The maximum absolute atomic E-state index is 6.14. The molecule has 0 aromatic heterocycles. The van der Waals surface area contributed by atoms with Gasteiger partial charge in [-0.15, -0.1) is 0 Å². The third-order valence-corrected chi connectivity index (χ3v) is 3.66. The topological polar surface area (TPSA) is 12.0 Å². The first-order valence-corrected chi connectivity index (χ1v) is 5.66.